The van der Waals surface area contributed by atoms with Crippen LogP contribution in [0.3, 0.4) is 0 Å². The lowest BCUT2D eigenvalue weighted by Gasteiger charge is -2.30. The maximum atomic E-state index is 4.31. The van der Waals surface area contributed by atoms with Gasteiger partial charge in [0, 0.05) is 25.7 Å². The van der Waals surface area contributed by atoms with Gasteiger partial charge in [0.2, 0.25) is 0 Å². The summed E-state index contributed by atoms with van der Waals surface area (Å²) in [6.45, 7) is 5.31. The second-order valence-electron chi connectivity index (χ2n) is 6.03. The molecular formula is C14H25N5. The van der Waals surface area contributed by atoms with Crippen molar-refractivity contribution >= 4 is 0 Å². The van der Waals surface area contributed by atoms with E-state index in [0.29, 0.717) is 6.04 Å². The summed E-state index contributed by atoms with van der Waals surface area (Å²) in [5.74, 6) is 2.10. The van der Waals surface area contributed by atoms with Crippen LogP contribution in [-0.4, -0.2) is 44.8 Å². The molecule has 0 radical (unpaired) electrons. The summed E-state index contributed by atoms with van der Waals surface area (Å²) in [6, 6.07) is 1.45. The summed E-state index contributed by atoms with van der Waals surface area (Å²) in [7, 11) is 2.06. The highest BCUT2D eigenvalue weighted by Crippen LogP contribution is 2.28. The van der Waals surface area contributed by atoms with E-state index >= 15 is 0 Å². The number of piperidine rings is 1. The average Bonchev–Trinajstić information content (AvgIpc) is 3.22. The molecule has 1 unspecified atom stereocenters. The average molecular weight is 263 g/mol. The molecule has 2 fully saturated rings. The molecule has 0 spiro atoms. The first-order valence-corrected chi connectivity index (χ1v) is 7.56. The van der Waals surface area contributed by atoms with Gasteiger partial charge < -0.3 is 9.88 Å². The zero-order valence-electron chi connectivity index (χ0n) is 12.1. The van der Waals surface area contributed by atoms with Crippen LogP contribution >= 0.6 is 0 Å². The van der Waals surface area contributed by atoms with Crippen LogP contribution in [0.1, 0.15) is 43.8 Å². The highest BCUT2D eigenvalue weighted by atomic mass is 15.3. The summed E-state index contributed by atoms with van der Waals surface area (Å²) >= 11 is 0. The molecule has 106 valence electrons. The predicted octanol–water partition coefficient (Wildman–Crippen LogP) is 1.23. The van der Waals surface area contributed by atoms with Gasteiger partial charge in [-0.2, -0.15) is 0 Å². The lowest BCUT2D eigenvalue weighted by atomic mass is 10.0. The molecule has 1 N–H and O–H groups in total. The van der Waals surface area contributed by atoms with E-state index in [0.717, 1.165) is 30.8 Å². The van der Waals surface area contributed by atoms with Crippen molar-refractivity contribution in [1.29, 1.82) is 0 Å². The number of aromatic nitrogens is 3. The molecule has 1 saturated heterocycles. The van der Waals surface area contributed by atoms with Crippen LogP contribution in [0.4, 0.5) is 0 Å². The summed E-state index contributed by atoms with van der Waals surface area (Å²) in [5.41, 5.74) is 0. The molecule has 5 nitrogen and oxygen atoms in total. The Morgan fingerprint density at radius 1 is 1.26 bits per heavy atom. The maximum absolute atomic E-state index is 4.31. The fourth-order valence-corrected chi connectivity index (χ4v) is 2.92. The van der Waals surface area contributed by atoms with Gasteiger partial charge in [-0.05, 0) is 39.2 Å². The Morgan fingerprint density at radius 2 is 2.11 bits per heavy atom. The molecule has 19 heavy (non-hydrogen) atoms. The summed E-state index contributed by atoms with van der Waals surface area (Å²) in [5, 5.41) is 12.1. The Morgan fingerprint density at radius 3 is 2.68 bits per heavy atom. The molecule has 2 heterocycles. The molecule has 1 saturated carbocycles. The van der Waals surface area contributed by atoms with Crippen molar-refractivity contribution in [2.45, 2.75) is 57.7 Å². The molecule has 1 atom stereocenters. The van der Waals surface area contributed by atoms with Crippen LogP contribution in [0.25, 0.3) is 0 Å². The van der Waals surface area contributed by atoms with Crippen LogP contribution in [-0.2, 0) is 13.6 Å². The number of aryl methyl sites for hydroxylation is 1. The highest BCUT2D eigenvalue weighted by Gasteiger charge is 2.31. The molecule has 1 aliphatic heterocycles. The standard InChI is InChI=1S/C14H25N5/c1-11-16-17-14(18(11)2)10-19(13-6-7-13)9-12-5-3-4-8-15-12/h12-13,15H,3-10H2,1-2H3. The van der Waals surface area contributed by atoms with Crippen molar-refractivity contribution < 1.29 is 0 Å². The zero-order chi connectivity index (χ0) is 13.2. The van der Waals surface area contributed by atoms with Crippen LogP contribution in [0, 0.1) is 6.92 Å². The van der Waals surface area contributed by atoms with Gasteiger partial charge in [-0.15, -0.1) is 10.2 Å². The van der Waals surface area contributed by atoms with Gasteiger partial charge >= 0.3 is 0 Å². The van der Waals surface area contributed by atoms with E-state index in [1.807, 2.05) is 6.92 Å². The molecule has 2 aliphatic rings. The SMILES string of the molecule is Cc1nnc(CN(CC2CCCCN2)C2CC2)n1C. The second kappa shape index (κ2) is 5.59. The van der Waals surface area contributed by atoms with Crippen molar-refractivity contribution in [2.75, 3.05) is 13.1 Å². The quantitative estimate of drug-likeness (QED) is 0.868. The summed E-state index contributed by atoms with van der Waals surface area (Å²) < 4.78 is 2.11. The molecule has 1 aliphatic carbocycles. The highest BCUT2D eigenvalue weighted by molar-refractivity contribution is 4.96. The first kappa shape index (κ1) is 13.1. The Kier molecular flexibility index (Phi) is 3.84. The Hall–Kier alpha value is -0.940. The van der Waals surface area contributed by atoms with Gasteiger partial charge in [-0.3, -0.25) is 4.90 Å². The second-order valence-corrected chi connectivity index (χ2v) is 6.03. The van der Waals surface area contributed by atoms with E-state index in [1.165, 1.54) is 38.6 Å². The number of rotatable bonds is 5. The van der Waals surface area contributed by atoms with E-state index in [4.69, 9.17) is 0 Å². The van der Waals surface area contributed by atoms with E-state index in [2.05, 4.69) is 32.0 Å². The number of nitrogens with one attached hydrogen (secondary N) is 1. The third-order valence-electron chi connectivity index (χ3n) is 4.46. The molecule has 5 heteroatoms. The van der Waals surface area contributed by atoms with Crippen LogP contribution in [0.2, 0.25) is 0 Å². The third-order valence-corrected chi connectivity index (χ3v) is 4.46. The van der Waals surface area contributed by atoms with Gasteiger partial charge in [0.1, 0.15) is 11.6 Å². The normalized spacial score (nSPS) is 24.1. The molecule has 3 rings (SSSR count). The zero-order valence-corrected chi connectivity index (χ0v) is 12.1. The van der Waals surface area contributed by atoms with E-state index in [-0.39, 0.29) is 0 Å². The monoisotopic (exact) mass is 263 g/mol. The Balaban J connectivity index is 1.62. The fourth-order valence-electron chi connectivity index (χ4n) is 2.92. The summed E-state index contributed by atoms with van der Waals surface area (Å²) in [6.07, 6.45) is 6.73. The lowest BCUT2D eigenvalue weighted by molar-refractivity contribution is 0.202. The Bertz CT molecular complexity index is 417. The van der Waals surface area contributed by atoms with Crippen molar-refractivity contribution in [3.8, 4) is 0 Å². The van der Waals surface area contributed by atoms with Crippen molar-refractivity contribution in [1.82, 2.24) is 25.0 Å². The van der Waals surface area contributed by atoms with E-state index in [9.17, 15) is 0 Å². The van der Waals surface area contributed by atoms with Crippen LogP contribution in [0.5, 0.6) is 0 Å². The van der Waals surface area contributed by atoms with Gasteiger partial charge in [0.05, 0.1) is 6.54 Å². The largest absolute Gasteiger partial charge is 0.317 e. The van der Waals surface area contributed by atoms with E-state index < -0.39 is 0 Å². The Labute approximate surface area is 115 Å². The minimum atomic E-state index is 0.670. The minimum Gasteiger partial charge on any atom is -0.317 e. The maximum Gasteiger partial charge on any atom is 0.146 e. The molecular weight excluding hydrogens is 238 g/mol. The van der Waals surface area contributed by atoms with Crippen LogP contribution < -0.4 is 5.32 Å². The van der Waals surface area contributed by atoms with Gasteiger partial charge in [0.15, 0.2) is 0 Å². The molecule has 1 aromatic heterocycles. The third kappa shape index (κ3) is 3.15. The first-order chi connectivity index (χ1) is 9.24. The van der Waals surface area contributed by atoms with Crippen molar-refractivity contribution in [3.05, 3.63) is 11.6 Å². The number of hydrogen-bond donors (Lipinski definition) is 1. The first-order valence-electron chi connectivity index (χ1n) is 7.56. The fraction of sp³-hybridized carbons (Fsp3) is 0.857. The van der Waals surface area contributed by atoms with Crippen molar-refractivity contribution in [2.24, 2.45) is 7.05 Å². The molecule has 0 aromatic carbocycles. The minimum absolute atomic E-state index is 0.670. The number of hydrogen-bond acceptors (Lipinski definition) is 4. The van der Waals surface area contributed by atoms with Crippen molar-refractivity contribution in [3.63, 3.8) is 0 Å². The van der Waals surface area contributed by atoms with Gasteiger partial charge in [-0.25, -0.2) is 0 Å². The lowest BCUT2D eigenvalue weighted by Crippen LogP contribution is -2.44. The van der Waals surface area contributed by atoms with E-state index in [1.54, 1.807) is 0 Å². The summed E-state index contributed by atoms with van der Waals surface area (Å²) in [4.78, 5) is 2.60. The topological polar surface area (TPSA) is 46.0 Å². The smallest absolute Gasteiger partial charge is 0.146 e. The molecule has 0 amide bonds. The molecule has 0 bridgehead atoms. The van der Waals surface area contributed by atoms with Gasteiger partial charge in [-0.1, -0.05) is 6.42 Å². The van der Waals surface area contributed by atoms with Gasteiger partial charge in [0.25, 0.3) is 0 Å². The number of nitrogens with zero attached hydrogens (tertiary/aromatic N) is 4. The molecule has 1 aromatic rings. The van der Waals surface area contributed by atoms with Crippen LogP contribution in [0.15, 0.2) is 0 Å². The predicted molar refractivity (Wildman–Crippen MR) is 74.8 cm³/mol.